The van der Waals surface area contributed by atoms with Crippen LogP contribution in [-0.4, -0.2) is 19.7 Å². The number of hydrogen-bond donors (Lipinski definition) is 0. The molecule has 0 saturated carbocycles. The maximum atomic E-state index is 13.7. The van der Waals surface area contributed by atoms with Crippen molar-refractivity contribution in [1.29, 1.82) is 0 Å². The zero-order valence-corrected chi connectivity index (χ0v) is 12.3. The fourth-order valence-electron chi connectivity index (χ4n) is 1.93. The minimum atomic E-state index is -0.550. The van der Waals surface area contributed by atoms with Gasteiger partial charge in [-0.1, -0.05) is 39.0 Å². The molecule has 0 radical (unpaired) electrons. The van der Waals surface area contributed by atoms with E-state index in [0.717, 1.165) is 18.9 Å². The van der Waals surface area contributed by atoms with Gasteiger partial charge in [0.2, 0.25) is 0 Å². The van der Waals surface area contributed by atoms with Gasteiger partial charge in [-0.05, 0) is 24.6 Å². The first-order chi connectivity index (χ1) is 9.69. The summed E-state index contributed by atoms with van der Waals surface area (Å²) in [6.07, 6.45) is 6.96. The number of rotatable bonds is 9. The lowest BCUT2D eigenvalue weighted by Gasteiger charge is -2.08. The van der Waals surface area contributed by atoms with Gasteiger partial charge in [0.1, 0.15) is 0 Å². The third-order valence-electron chi connectivity index (χ3n) is 3.11. The van der Waals surface area contributed by atoms with Crippen LogP contribution in [0.5, 0.6) is 5.75 Å². The number of unbranched alkanes of at least 4 members (excludes halogenated alkanes) is 5. The summed E-state index contributed by atoms with van der Waals surface area (Å²) < 4.78 is 23.6. The number of ether oxygens (including phenoxy) is 2. The standard InChI is InChI=1S/C16H23FO3/c1-3-4-5-6-7-8-11-20-15-10-9-13(12-14(15)17)16(18)19-2/h9-10,12H,3-8,11H2,1-2H3. The molecule has 0 aromatic heterocycles. The monoisotopic (exact) mass is 282 g/mol. The number of hydrogen-bond acceptors (Lipinski definition) is 3. The van der Waals surface area contributed by atoms with Crippen LogP contribution in [0.3, 0.4) is 0 Å². The second-order valence-corrected chi connectivity index (χ2v) is 4.75. The van der Waals surface area contributed by atoms with Crippen LogP contribution in [0.4, 0.5) is 4.39 Å². The largest absolute Gasteiger partial charge is 0.491 e. The Balaban J connectivity index is 2.32. The van der Waals surface area contributed by atoms with Gasteiger partial charge in [-0.3, -0.25) is 0 Å². The molecule has 0 N–H and O–H groups in total. The van der Waals surface area contributed by atoms with Crippen molar-refractivity contribution >= 4 is 5.97 Å². The molecule has 0 aliphatic heterocycles. The maximum Gasteiger partial charge on any atom is 0.337 e. The highest BCUT2D eigenvalue weighted by atomic mass is 19.1. The molecule has 0 aliphatic carbocycles. The highest BCUT2D eigenvalue weighted by Gasteiger charge is 2.10. The molecule has 0 heterocycles. The molecule has 0 saturated heterocycles. The van der Waals surface area contributed by atoms with E-state index in [2.05, 4.69) is 11.7 Å². The molecule has 0 unspecified atom stereocenters. The summed E-state index contributed by atoms with van der Waals surface area (Å²) in [7, 11) is 1.27. The number of carbonyl (C=O) groups is 1. The summed E-state index contributed by atoms with van der Waals surface area (Å²) in [6, 6.07) is 4.12. The van der Waals surface area contributed by atoms with Gasteiger partial charge in [-0.25, -0.2) is 9.18 Å². The van der Waals surface area contributed by atoms with E-state index in [1.807, 2.05) is 0 Å². The summed E-state index contributed by atoms with van der Waals surface area (Å²) in [5.74, 6) is -0.892. The summed E-state index contributed by atoms with van der Waals surface area (Å²) in [5, 5.41) is 0. The molecule has 1 rings (SSSR count). The van der Waals surface area contributed by atoms with Crippen molar-refractivity contribution < 1.29 is 18.7 Å². The van der Waals surface area contributed by atoms with Crippen LogP contribution in [-0.2, 0) is 4.74 Å². The minimum absolute atomic E-state index is 0.186. The Hall–Kier alpha value is -1.58. The first kappa shape index (κ1) is 16.5. The average molecular weight is 282 g/mol. The predicted octanol–water partition coefficient (Wildman–Crippen LogP) is 4.35. The van der Waals surface area contributed by atoms with E-state index < -0.39 is 11.8 Å². The zero-order chi connectivity index (χ0) is 14.8. The van der Waals surface area contributed by atoms with Crippen molar-refractivity contribution in [2.75, 3.05) is 13.7 Å². The van der Waals surface area contributed by atoms with E-state index >= 15 is 0 Å². The van der Waals surface area contributed by atoms with Gasteiger partial charge in [0, 0.05) is 0 Å². The van der Waals surface area contributed by atoms with Crippen LogP contribution in [0.25, 0.3) is 0 Å². The molecule has 1 aromatic carbocycles. The molecule has 0 atom stereocenters. The third kappa shape index (κ3) is 5.59. The van der Waals surface area contributed by atoms with Crippen molar-refractivity contribution in [3.05, 3.63) is 29.6 Å². The van der Waals surface area contributed by atoms with Crippen LogP contribution in [0.1, 0.15) is 55.8 Å². The van der Waals surface area contributed by atoms with Gasteiger partial charge in [0.15, 0.2) is 11.6 Å². The van der Waals surface area contributed by atoms with Crippen molar-refractivity contribution in [3.63, 3.8) is 0 Å². The van der Waals surface area contributed by atoms with Gasteiger partial charge in [0.25, 0.3) is 0 Å². The topological polar surface area (TPSA) is 35.5 Å². The summed E-state index contributed by atoms with van der Waals surface area (Å²) >= 11 is 0. The van der Waals surface area contributed by atoms with E-state index in [9.17, 15) is 9.18 Å². The molecule has 1 aromatic rings. The summed E-state index contributed by atoms with van der Waals surface area (Å²) in [6.45, 7) is 2.69. The molecule has 3 nitrogen and oxygen atoms in total. The third-order valence-corrected chi connectivity index (χ3v) is 3.11. The van der Waals surface area contributed by atoms with E-state index in [1.54, 1.807) is 0 Å². The Morgan fingerprint density at radius 1 is 1.15 bits per heavy atom. The van der Waals surface area contributed by atoms with Gasteiger partial charge in [0.05, 0.1) is 19.3 Å². The lowest BCUT2D eigenvalue weighted by Crippen LogP contribution is -2.04. The van der Waals surface area contributed by atoms with E-state index in [1.165, 1.54) is 44.9 Å². The Kier molecular flexibility index (Phi) is 7.70. The van der Waals surface area contributed by atoms with Crippen molar-refractivity contribution in [3.8, 4) is 5.75 Å². The number of carbonyl (C=O) groups excluding carboxylic acids is 1. The highest BCUT2D eigenvalue weighted by Crippen LogP contribution is 2.19. The SMILES string of the molecule is CCCCCCCCOc1ccc(C(=O)OC)cc1F. The van der Waals surface area contributed by atoms with Crippen LogP contribution >= 0.6 is 0 Å². The minimum Gasteiger partial charge on any atom is -0.491 e. The van der Waals surface area contributed by atoms with Gasteiger partial charge < -0.3 is 9.47 Å². The van der Waals surface area contributed by atoms with Crippen molar-refractivity contribution in [2.45, 2.75) is 45.4 Å². The van der Waals surface area contributed by atoms with Crippen molar-refractivity contribution in [1.82, 2.24) is 0 Å². The lowest BCUT2D eigenvalue weighted by molar-refractivity contribution is 0.0600. The molecule has 20 heavy (non-hydrogen) atoms. The lowest BCUT2D eigenvalue weighted by atomic mass is 10.1. The number of esters is 1. The van der Waals surface area contributed by atoms with Crippen molar-refractivity contribution in [2.24, 2.45) is 0 Å². The molecular weight excluding hydrogens is 259 g/mol. The highest BCUT2D eigenvalue weighted by molar-refractivity contribution is 5.89. The maximum absolute atomic E-state index is 13.7. The van der Waals surface area contributed by atoms with Gasteiger partial charge >= 0.3 is 5.97 Å². The quantitative estimate of drug-likeness (QED) is 0.499. The molecule has 0 fully saturated rings. The molecule has 0 amide bonds. The van der Waals surface area contributed by atoms with Crippen LogP contribution in [0, 0.1) is 5.82 Å². The Labute approximate surface area is 120 Å². The van der Waals surface area contributed by atoms with Gasteiger partial charge in [-0.15, -0.1) is 0 Å². The summed E-state index contributed by atoms with van der Waals surface area (Å²) in [5.41, 5.74) is 0.192. The number of benzene rings is 1. The van der Waals surface area contributed by atoms with Crippen LogP contribution in [0.15, 0.2) is 18.2 Å². The molecule has 0 spiro atoms. The van der Waals surface area contributed by atoms with E-state index in [4.69, 9.17) is 4.74 Å². The zero-order valence-electron chi connectivity index (χ0n) is 12.3. The molecular formula is C16H23FO3. The molecule has 4 heteroatoms. The Bertz CT molecular complexity index is 418. The molecule has 112 valence electrons. The number of halogens is 1. The first-order valence-corrected chi connectivity index (χ1v) is 7.19. The van der Waals surface area contributed by atoms with Crippen LogP contribution in [0.2, 0.25) is 0 Å². The Morgan fingerprint density at radius 3 is 2.50 bits per heavy atom. The fourth-order valence-corrected chi connectivity index (χ4v) is 1.93. The smallest absolute Gasteiger partial charge is 0.337 e. The predicted molar refractivity (Wildman–Crippen MR) is 76.6 cm³/mol. The average Bonchev–Trinajstić information content (AvgIpc) is 2.46. The van der Waals surface area contributed by atoms with Crippen LogP contribution < -0.4 is 4.74 Å². The van der Waals surface area contributed by atoms with E-state index in [0.29, 0.717) is 6.61 Å². The fraction of sp³-hybridized carbons (Fsp3) is 0.562. The van der Waals surface area contributed by atoms with Gasteiger partial charge in [-0.2, -0.15) is 0 Å². The normalized spacial score (nSPS) is 10.3. The Morgan fingerprint density at radius 2 is 1.85 bits per heavy atom. The molecule has 0 aliphatic rings. The second-order valence-electron chi connectivity index (χ2n) is 4.75. The molecule has 0 bridgehead atoms. The first-order valence-electron chi connectivity index (χ1n) is 7.19. The summed E-state index contributed by atoms with van der Waals surface area (Å²) in [4.78, 5) is 11.2. The second kappa shape index (κ2) is 9.34. The van der Waals surface area contributed by atoms with E-state index in [-0.39, 0.29) is 11.3 Å². The number of methoxy groups -OCH3 is 1.